The summed E-state index contributed by atoms with van der Waals surface area (Å²) in [5.74, 6) is -4.66. The van der Waals surface area contributed by atoms with Crippen molar-refractivity contribution in [3.63, 3.8) is 0 Å². The zero-order chi connectivity index (χ0) is 41.9. The number of nitrogens with two attached hydrogens (primary N) is 4. The summed E-state index contributed by atoms with van der Waals surface area (Å²) in [5.41, 5.74) is 23.4. The second-order valence-corrected chi connectivity index (χ2v) is 14.7. The number of hydrogen-bond donors (Lipinski definition) is 10. The first-order valence-corrected chi connectivity index (χ1v) is 18.8. The topological polar surface area (TPSA) is 325 Å². The Morgan fingerprint density at radius 1 is 0.732 bits per heavy atom. The third kappa shape index (κ3) is 17.6. The van der Waals surface area contributed by atoms with Crippen molar-refractivity contribution in [1.29, 1.82) is 0 Å². The van der Waals surface area contributed by atoms with Crippen LogP contribution in [0.2, 0.25) is 0 Å². The van der Waals surface area contributed by atoms with Gasteiger partial charge >= 0.3 is 5.97 Å². The van der Waals surface area contributed by atoms with Gasteiger partial charge in [-0.05, 0) is 85.7 Å². The Balaban J connectivity index is 2.25. The van der Waals surface area contributed by atoms with Gasteiger partial charge in [-0.25, -0.2) is 0 Å². The SMILES string of the molecule is CC(C)C[C@H](N)C(=O)N[C@@H](Cc1ccc(O)cc1)C(=O)N[C@@H](CCCN=C(N)N)C(=O)N[C@@H](C)C(=O)N[C@@H](CCC(N)=O)C(=O)Sc1ccc(CC(=O)O)cc1. The molecule has 19 heteroatoms. The molecule has 306 valence electrons. The molecule has 14 N–H and O–H groups in total. The number of rotatable bonds is 23. The number of hydrogen-bond acceptors (Lipinski definition) is 11. The number of aliphatic carboxylic acids is 1. The van der Waals surface area contributed by atoms with E-state index in [4.69, 9.17) is 28.0 Å². The molecule has 0 radical (unpaired) electrons. The lowest BCUT2D eigenvalue weighted by atomic mass is 10.0. The lowest BCUT2D eigenvalue weighted by Gasteiger charge is -2.26. The number of nitrogens with one attached hydrogen (secondary N) is 4. The van der Waals surface area contributed by atoms with Crippen molar-refractivity contribution in [1.82, 2.24) is 21.3 Å². The van der Waals surface area contributed by atoms with Gasteiger partial charge in [0.05, 0.1) is 18.5 Å². The van der Waals surface area contributed by atoms with Crippen molar-refractivity contribution >= 4 is 58.3 Å². The summed E-state index contributed by atoms with van der Waals surface area (Å²) in [4.78, 5) is 94.0. The molecule has 56 heavy (non-hydrogen) atoms. The van der Waals surface area contributed by atoms with Gasteiger partial charge in [0.25, 0.3) is 0 Å². The molecule has 0 aliphatic carbocycles. The fourth-order valence-corrected chi connectivity index (χ4v) is 6.09. The van der Waals surface area contributed by atoms with E-state index in [0.717, 1.165) is 11.8 Å². The van der Waals surface area contributed by atoms with Crippen molar-refractivity contribution in [3.05, 3.63) is 59.7 Å². The van der Waals surface area contributed by atoms with Crippen molar-refractivity contribution < 1.29 is 43.8 Å². The maximum atomic E-state index is 13.8. The molecule has 0 saturated carbocycles. The number of carboxylic acids is 1. The summed E-state index contributed by atoms with van der Waals surface area (Å²) in [5, 5.41) is 28.6. The van der Waals surface area contributed by atoms with Crippen LogP contribution < -0.4 is 44.2 Å². The quantitative estimate of drug-likeness (QED) is 0.0295. The highest BCUT2D eigenvalue weighted by atomic mass is 32.2. The zero-order valence-electron chi connectivity index (χ0n) is 31.7. The summed E-state index contributed by atoms with van der Waals surface area (Å²) < 4.78 is 0. The zero-order valence-corrected chi connectivity index (χ0v) is 32.5. The van der Waals surface area contributed by atoms with Crippen LogP contribution in [0.25, 0.3) is 0 Å². The Bertz CT molecular complexity index is 1700. The monoisotopic (exact) mass is 799 g/mol. The van der Waals surface area contributed by atoms with Crippen LogP contribution in [-0.2, 0) is 46.4 Å². The van der Waals surface area contributed by atoms with Crippen molar-refractivity contribution in [3.8, 4) is 5.75 Å². The van der Waals surface area contributed by atoms with Gasteiger partial charge < -0.3 is 54.4 Å². The van der Waals surface area contributed by atoms with E-state index in [1.807, 2.05) is 13.8 Å². The lowest BCUT2D eigenvalue weighted by Crippen LogP contribution is -2.58. The number of carbonyl (C=O) groups is 7. The van der Waals surface area contributed by atoms with Crippen molar-refractivity contribution in [2.24, 2.45) is 33.8 Å². The molecule has 0 spiro atoms. The average Bonchev–Trinajstić information content (AvgIpc) is 3.11. The van der Waals surface area contributed by atoms with Crippen LogP contribution in [-0.4, -0.2) is 93.5 Å². The molecule has 0 aliphatic heterocycles. The van der Waals surface area contributed by atoms with Crippen LogP contribution in [0.4, 0.5) is 0 Å². The van der Waals surface area contributed by atoms with E-state index in [0.29, 0.717) is 22.4 Å². The number of phenols is 1. The van der Waals surface area contributed by atoms with Crippen LogP contribution >= 0.6 is 11.8 Å². The number of aromatic hydroxyl groups is 1. The Kier molecular flexibility index (Phi) is 19.3. The minimum Gasteiger partial charge on any atom is -0.508 e. The summed E-state index contributed by atoms with van der Waals surface area (Å²) in [6.45, 7) is 5.26. The predicted molar refractivity (Wildman–Crippen MR) is 210 cm³/mol. The number of nitrogens with zero attached hydrogens (tertiary/aromatic N) is 1. The number of guanidine groups is 1. The number of benzene rings is 2. The van der Waals surface area contributed by atoms with Crippen LogP contribution in [0.3, 0.4) is 0 Å². The van der Waals surface area contributed by atoms with Crippen LogP contribution in [0.5, 0.6) is 5.75 Å². The average molecular weight is 800 g/mol. The summed E-state index contributed by atoms with van der Waals surface area (Å²) >= 11 is 0.769. The van der Waals surface area contributed by atoms with Gasteiger partial charge in [-0.1, -0.05) is 38.1 Å². The number of phenolic OH excluding ortho intramolecular Hbond substituents is 1. The van der Waals surface area contributed by atoms with Gasteiger partial charge in [-0.3, -0.25) is 38.6 Å². The first-order valence-electron chi connectivity index (χ1n) is 18.0. The largest absolute Gasteiger partial charge is 0.508 e. The molecule has 2 aromatic rings. The number of carbonyl (C=O) groups excluding carboxylic acids is 6. The number of aliphatic imine (C=N–C) groups is 1. The molecule has 0 aromatic heterocycles. The van der Waals surface area contributed by atoms with Gasteiger partial charge in [-0.15, -0.1) is 0 Å². The van der Waals surface area contributed by atoms with Gasteiger partial charge in [0.15, 0.2) is 5.96 Å². The molecule has 0 fully saturated rings. The van der Waals surface area contributed by atoms with Gasteiger partial charge in [0, 0.05) is 24.3 Å². The Morgan fingerprint density at radius 2 is 1.30 bits per heavy atom. The third-order valence-corrected chi connectivity index (χ3v) is 9.17. The normalized spacial score (nSPS) is 13.6. The Labute approximate surface area is 329 Å². The summed E-state index contributed by atoms with van der Waals surface area (Å²) in [6, 6.07) is 6.42. The second-order valence-electron chi connectivity index (χ2n) is 13.6. The highest BCUT2D eigenvalue weighted by molar-refractivity contribution is 8.13. The van der Waals surface area contributed by atoms with Gasteiger partial charge in [-0.2, -0.15) is 0 Å². The highest BCUT2D eigenvalue weighted by Crippen LogP contribution is 2.23. The van der Waals surface area contributed by atoms with Gasteiger partial charge in [0.1, 0.15) is 23.9 Å². The van der Waals surface area contributed by atoms with E-state index in [-0.39, 0.29) is 62.7 Å². The summed E-state index contributed by atoms with van der Waals surface area (Å²) in [7, 11) is 0. The molecule has 2 aromatic carbocycles. The second kappa shape index (κ2) is 23.3. The van der Waals surface area contributed by atoms with Crippen molar-refractivity contribution in [2.45, 2.75) is 101 Å². The van der Waals surface area contributed by atoms with E-state index >= 15 is 0 Å². The summed E-state index contributed by atoms with van der Waals surface area (Å²) in [6.07, 6.45) is 0.000942. The maximum Gasteiger partial charge on any atom is 0.307 e. The fourth-order valence-electron chi connectivity index (χ4n) is 5.26. The Morgan fingerprint density at radius 3 is 1.88 bits per heavy atom. The Hall–Kier alpha value is -5.69. The molecular formula is C37H53N9O9S. The van der Waals surface area contributed by atoms with Crippen LogP contribution in [0.15, 0.2) is 58.4 Å². The van der Waals surface area contributed by atoms with Crippen molar-refractivity contribution in [2.75, 3.05) is 6.54 Å². The lowest BCUT2D eigenvalue weighted by molar-refractivity contribution is -0.136. The number of amides is 5. The van der Waals surface area contributed by atoms with Gasteiger partial charge in [0.2, 0.25) is 34.7 Å². The molecule has 5 atom stereocenters. The molecule has 0 aliphatic rings. The van der Waals surface area contributed by atoms with Crippen LogP contribution in [0.1, 0.15) is 64.0 Å². The number of thioether (sulfide) groups is 1. The highest BCUT2D eigenvalue weighted by Gasteiger charge is 2.31. The van der Waals surface area contributed by atoms with E-state index in [2.05, 4.69) is 26.3 Å². The smallest absolute Gasteiger partial charge is 0.307 e. The predicted octanol–water partition coefficient (Wildman–Crippen LogP) is -0.468. The fraction of sp³-hybridized carbons (Fsp3) is 0.459. The molecule has 18 nitrogen and oxygen atoms in total. The molecule has 0 unspecified atom stereocenters. The molecule has 0 bridgehead atoms. The molecule has 2 rings (SSSR count). The van der Waals surface area contributed by atoms with E-state index in [9.17, 15) is 38.7 Å². The first-order chi connectivity index (χ1) is 26.3. The van der Waals surface area contributed by atoms with E-state index < -0.39 is 70.8 Å². The molecule has 0 heterocycles. The maximum absolute atomic E-state index is 13.8. The minimum atomic E-state index is -1.25. The minimum absolute atomic E-state index is 0.0000209. The molecular weight excluding hydrogens is 747 g/mol. The molecule has 5 amide bonds. The third-order valence-electron chi connectivity index (χ3n) is 8.18. The van der Waals surface area contributed by atoms with E-state index in [1.165, 1.54) is 19.1 Å². The number of carboxylic acid groups (broad SMARTS) is 1. The van der Waals surface area contributed by atoms with E-state index in [1.54, 1.807) is 36.4 Å². The number of primary amides is 1. The molecule has 0 saturated heterocycles. The first kappa shape index (κ1) is 46.5. The van der Waals surface area contributed by atoms with Crippen LogP contribution in [0, 0.1) is 5.92 Å². The standard InChI is InChI=1S/C37H53N9O9S/c1-20(2)17-26(38)33(52)46-29(18-22-6-10-24(47)11-7-22)35(54)44-27(5-4-16-42-37(40)41)34(53)43-21(3)32(51)45-28(14-15-30(39)48)36(55)56-25-12-8-23(9-13-25)19-31(49)50/h6-13,20-21,26-29,47H,4-5,14-19,38H2,1-3H3,(H2,39,48)(H,43,53)(H,44,54)(H,45,51)(H,46,52)(H,49,50)(H4,40,41,42)/t21-,26-,27-,28-,29-/m0/s1.